The third kappa shape index (κ3) is 7.61. The summed E-state index contributed by atoms with van der Waals surface area (Å²) in [5, 5.41) is 17.3. The maximum atomic E-state index is 12.9. The number of nitrogens with one attached hydrogen (secondary N) is 2. The number of thiophene rings is 1. The monoisotopic (exact) mass is 560 g/mol. The van der Waals surface area contributed by atoms with Gasteiger partial charge in [-0.05, 0) is 61.0 Å². The lowest BCUT2D eigenvalue weighted by Gasteiger charge is -2.23. The Bertz CT molecular complexity index is 1570. The lowest BCUT2D eigenvalue weighted by molar-refractivity contribution is -0.121. The highest BCUT2D eigenvalue weighted by molar-refractivity contribution is 7.09. The number of ether oxygens (including phenoxy) is 1. The van der Waals surface area contributed by atoms with E-state index in [1.54, 1.807) is 45.2 Å². The van der Waals surface area contributed by atoms with Crippen molar-refractivity contribution in [1.29, 1.82) is 5.26 Å². The predicted octanol–water partition coefficient (Wildman–Crippen LogP) is 4.94. The van der Waals surface area contributed by atoms with Crippen molar-refractivity contribution in [2.75, 3.05) is 0 Å². The van der Waals surface area contributed by atoms with Gasteiger partial charge in [0.05, 0.1) is 11.6 Å². The third-order valence-electron chi connectivity index (χ3n) is 6.19. The van der Waals surface area contributed by atoms with E-state index in [9.17, 15) is 19.6 Å². The molecule has 0 fully saturated rings. The van der Waals surface area contributed by atoms with Gasteiger partial charge < -0.3 is 19.8 Å². The number of fused-ring (bicyclic) bond motifs is 1. The molecule has 2 heterocycles. The van der Waals surface area contributed by atoms with Crippen molar-refractivity contribution in [2.24, 2.45) is 7.05 Å². The summed E-state index contributed by atoms with van der Waals surface area (Å²) >= 11 is 1.54. The van der Waals surface area contributed by atoms with Crippen LogP contribution in [0.25, 0.3) is 22.2 Å². The fraction of sp³-hybridized carbons (Fsp3) is 0.333. The number of hydrogen-bond acceptors (Lipinski definition) is 7. The second-order valence-corrected chi connectivity index (χ2v) is 11.6. The minimum absolute atomic E-state index is 0.00720. The smallest absolute Gasteiger partial charge is 0.419 e. The highest BCUT2D eigenvalue weighted by Crippen LogP contribution is 2.24. The van der Waals surface area contributed by atoms with Crippen molar-refractivity contribution in [1.82, 2.24) is 15.2 Å². The molecule has 0 saturated heterocycles. The number of carbonyl (C=O) groups excluding carboxylic acids is 2. The summed E-state index contributed by atoms with van der Waals surface area (Å²) < 4.78 is 12.0. The van der Waals surface area contributed by atoms with Crippen LogP contribution in [-0.2, 0) is 29.4 Å². The lowest BCUT2D eigenvalue weighted by Crippen LogP contribution is -2.44. The first kappa shape index (κ1) is 28.6. The number of nitrogens with zero attached hydrogens (tertiary/aromatic N) is 2. The van der Waals surface area contributed by atoms with E-state index in [4.69, 9.17) is 9.15 Å². The summed E-state index contributed by atoms with van der Waals surface area (Å²) in [6.07, 6.45) is 0.218. The molecule has 2 atom stereocenters. The van der Waals surface area contributed by atoms with Crippen LogP contribution in [0.5, 0.6) is 0 Å². The Labute approximate surface area is 236 Å². The molecular formula is C30H32N4O5S. The number of rotatable bonds is 9. The minimum Gasteiger partial charge on any atom is -0.444 e. The number of hydrogen-bond donors (Lipinski definition) is 2. The molecular weight excluding hydrogens is 528 g/mol. The van der Waals surface area contributed by atoms with E-state index in [2.05, 4.69) is 16.7 Å². The number of amides is 2. The number of nitriles is 1. The first-order valence-electron chi connectivity index (χ1n) is 12.9. The van der Waals surface area contributed by atoms with Gasteiger partial charge in [-0.3, -0.25) is 9.36 Å². The van der Waals surface area contributed by atoms with Crippen molar-refractivity contribution >= 4 is 34.4 Å². The number of oxazole rings is 1. The minimum atomic E-state index is -0.737. The maximum Gasteiger partial charge on any atom is 0.419 e. The Hall–Kier alpha value is -4.36. The van der Waals surface area contributed by atoms with Gasteiger partial charge in [-0.1, -0.05) is 36.4 Å². The van der Waals surface area contributed by atoms with E-state index in [1.165, 1.54) is 4.57 Å². The van der Waals surface area contributed by atoms with Gasteiger partial charge in [0.25, 0.3) is 0 Å². The van der Waals surface area contributed by atoms with Crippen LogP contribution < -0.4 is 16.4 Å². The molecule has 2 aromatic heterocycles. The van der Waals surface area contributed by atoms with Gasteiger partial charge in [0.2, 0.25) is 5.91 Å². The number of aryl methyl sites for hydroxylation is 1. The summed E-state index contributed by atoms with van der Waals surface area (Å²) in [5.41, 5.74) is 3.33. The van der Waals surface area contributed by atoms with Gasteiger partial charge in [-0.25, -0.2) is 9.59 Å². The molecule has 0 bridgehead atoms. The van der Waals surface area contributed by atoms with Crippen molar-refractivity contribution in [2.45, 2.75) is 57.7 Å². The molecule has 40 heavy (non-hydrogen) atoms. The molecule has 2 amide bonds. The van der Waals surface area contributed by atoms with E-state index in [1.807, 2.05) is 53.9 Å². The lowest BCUT2D eigenvalue weighted by atomic mass is 10.0. The van der Waals surface area contributed by atoms with E-state index in [0.717, 1.165) is 21.6 Å². The molecule has 0 aliphatic rings. The van der Waals surface area contributed by atoms with Gasteiger partial charge >= 0.3 is 11.8 Å². The predicted molar refractivity (Wildman–Crippen MR) is 154 cm³/mol. The van der Waals surface area contributed by atoms with E-state index < -0.39 is 29.5 Å². The SMILES string of the molecule is Cn1c(=O)oc2ccc(-c3ccc(C[C@@H](C#N)NC(=O)C[C@@H](Cc4cccs4)NC(=O)OC(C)(C)C)cc3)cc21. The molecule has 4 aromatic rings. The molecule has 4 rings (SSSR count). The Morgan fingerprint density at radius 3 is 2.45 bits per heavy atom. The van der Waals surface area contributed by atoms with Crippen molar-refractivity contribution < 1.29 is 18.7 Å². The second kappa shape index (κ2) is 12.2. The van der Waals surface area contributed by atoms with Crippen LogP contribution in [0.15, 0.2) is 69.2 Å². The van der Waals surface area contributed by atoms with Gasteiger partial charge in [-0.15, -0.1) is 11.3 Å². The van der Waals surface area contributed by atoms with Gasteiger partial charge in [0, 0.05) is 37.2 Å². The highest BCUT2D eigenvalue weighted by atomic mass is 32.1. The number of alkyl carbamates (subject to hydrolysis) is 1. The molecule has 0 radical (unpaired) electrons. The van der Waals surface area contributed by atoms with Crippen molar-refractivity contribution in [3.8, 4) is 17.2 Å². The second-order valence-electron chi connectivity index (χ2n) is 10.6. The Morgan fingerprint density at radius 1 is 1.07 bits per heavy atom. The van der Waals surface area contributed by atoms with E-state index in [0.29, 0.717) is 23.9 Å². The molecule has 0 aliphatic heterocycles. The quantitative estimate of drug-likeness (QED) is 0.299. The third-order valence-corrected chi connectivity index (χ3v) is 7.09. The summed E-state index contributed by atoms with van der Waals surface area (Å²) in [4.78, 5) is 38.1. The summed E-state index contributed by atoms with van der Waals surface area (Å²) in [6, 6.07) is 18.0. The van der Waals surface area contributed by atoms with Crippen LogP contribution in [0.4, 0.5) is 4.79 Å². The molecule has 0 spiro atoms. The van der Waals surface area contributed by atoms with Crippen molar-refractivity contribution in [3.63, 3.8) is 0 Å². The van der Waals surface area contributed by atoms with Gasteiger partial charge in [0.1, 0.15) is 11.6 Å². The number of carbonyl (C=O) groups is 2. The zero-order valence-electron chi connectivity index (χ0n) is 22.9. The summed E-state index contributed by atoms with van der Waals surface area (Å²) in [6.45, 7) is 5.33. The van der Waals surface area contributed by atoms with Gasteiger partial charge in [-0.2, -0.15) is 5.26 Å². The summed E-state index contributed by atoms with van der Waals surface area (Å²) in [7, 11) is 1.66. The Morgan fingerprint density at radius 2 is 1.80 bits per heavy atom. The molecule has 208 valence electrons. The topological polar surface area (TPSA) is 126 Å². The maximum absolute atomic E-state index is 12.9. The zero-order chi connectivity index (χ0) is 28.9. The molecule has 0 aliphatic carbocycles. The molecule has 9 nitrogen and oxygen atoms in total. The first-order chi connectivity index (χ1) is 19.0. The average molecular weight is 561 g/mol. The zero-order valence-corrected chi connectivity index (χ0v) is 23.7. The van der Waals surface area contributed by atoms with Crippen LogP contribution >= 0.6 is 11.3 Å². The fourth-order valence-electron chi connectivity index (χ4n) is 4.30. The Kier molecular flexibility index (Phi) is 8.75. The Balaban J connectivity index is 1.38. The normalized spacial score (nSPS) is 12.9. The largest absolute Gasteiger partial charge is 0.444 e. The van der Waals surface area contributed by atoms with Crippen LogP contribution in [0, 0.1) is 11.3 Å². The average Bonchev–Trinajstić information content (AvgIpc) is 3.50. The molecule has 0 saturated carbocycles. The highest BCUT2D eigenvalue weighted by Gasteiger charge is 2.23. The fourth-order valence-corrected chi connectivity index (χ4v) is 5.09. The number of benzene rings is 2. The number of aromatic nitrogens is 1. The molecule has 0 unspecified atom stereocenters. The first-order valence-corrected chi connectivity index (χ1v) is 13.8. The standard InChI is InChI=1S/C30H32N4O5S/c1-30(2,3)39-28(36)33-22(16-24-6-5-13-40-24)17-27(35)32-23(18-31)14-19-7-9-20(10-8-19)21-11-12-26-25(15-21)34(4)29(37)38-26/h5-13,15,22-23H,14,16-17H2,1-4H3,(H,32,35)(H,33,36)/t22-,23+/m1/s1. The van der Waals surface area contributed by atoms with Crippen LogP contribution in [0.2, 0.25) is 0 Å². The molecule has 2 aromatic carbocycles. The van der Waals surface area contributed by atoms with E-state index >= 15 is 0 Å². The molecule has 10 heteroatoms. The van der Waals surface area contributed by atoms with Crippen LogP contribution in [-0.4, -0.2) is 34.3 Å². The van der Waals surface area contributed by atoms with Crippen LogP contribution in [0.1, 0.15) is 37.6 Å². The van der Waals surface area contributed by atoms with Gasteiger partial charge in [0.15, 0.2) is 5.58 Å². The summed E-state index contributed by atoms with van der Waals surface area (Å²) in [5.74, 6) is -0.745. The van der Waals surface area contributed by atoms with Crippen molar-refractivity contribution in [3.05, 3.63) is 81.0 Å². The molecule has 2 N–H and O–H groups in total. The van der Waals surface area contributed by atoms with Crippen LogP contribution in [0.3, 0.4) is 0 Å². The van der Waals surface area contributed by atoms with E-state index in [-0.39, 0.29) is 12.3 Å².